The van der Waals surface area contributed by atoms with Crippen molar-refractivity contribution in [2.24, 2.45) is 5.92 Å². The van der Waals surface area contributed by atoms with E-state index < -0.39 is 0 Å². The highest BCUT2D eigenvalue weighted by atomic mass is 16.5. The SMILES string of the molecule is COc1ccc(NC(C#N)C2CCCC2)cc1. The van der Waals surface area contributed by atoms with Gasteiger partial charge in [-0.3, -0.25) is 0 Å². The van der Waals surface area contributed by atoms with Crippen LogP contribution in [-0.2, 0) is 0 Å². The lowest BCUT2D eigenvalue weighted by atomic mass is 9.99. The van der Waals surface area contributed by atoms with E-state index in [0.29, 0.717) is 5.92 Å². The summed E-state index contributed by atoms with van der Waals surface area (Å²) in [7, 11) is 1.65. The fourth-order valence-corrected chi connectivity index (χ4v) is 2.41. The molecule has 1 aromatic rings. The van der Waals surface area contributed by atoms with E-state index in [2.05, 4.69) is 11.4 Å². The van der Waals surface area contributed by atoms with Gasteiger partial charge in [-0.2, -0.15) is 5.26 Å². The second-order valence-electron chi connectivity index (χ2n) is 4.52. The highest BCUT2D eigenvalue weighted by Crippen LogP contribution is 2.29. The minimum Gasteiger partial charge on any atom is -0.497 e. The van der Waals surface area contributed by atoms with Gasteiger partial charge in [-0.25, -0.2) is 0 Å². The zero-order valence-electron chi connectivity index (χ0n) is 10.1. The van der Waals surface area contributed by atoms with Crippen molar-refractivity contribution in [3.63, 3.8) is 0 Å². The Morgan fingerprint density at radius 3 is 2.47 bits per heavy atom. The van der Waals surface area contributed by atoms with Gasteiger partial charge in [-0.1, -0.05) is 12.8 Å². The summed E-state index contributed by atoms with van der Waals surface area (Å²) >= 11 is 0. The summed E-state index contributed by atoms with van der Waals surface area (Å²) in [6, 6.07) is 10.0. The lowest BCUT2D eigenvalue weighted by molar-refractivity contribution is 0.415. The zero-order chi connectivity index (χ0) is 12.1. The van der Waals surface area contributed by atoms with Gasteiger partial charge in [-0.15, -0.1) is 0 Å². The molecule has 17 heavy (non-hydrogen) atoms. The van der Waals surface area contributed by atoms with E-state index in [-0.39, 0.29) is 6.04 Å². The molecule has 0 aromatic heterocycles. The Balaban J connectivity index is 2.00. The maximum Gasteiger partial charge on any atom is 0.119 e. The van der Waals surface area contributed by atoms with Crippen molar-refractivity contribution in [2.45, 2.75) is 31.7 Å². The molecule has 2 rings (SSSR count). The van der Waals surface area contributed by atoms with Gasteiger partial charge >= 0.3 is 0 Å². The van der Waals surface area contributed by atoms with Gasteiger partial charge in [-0.05, 0) is 43.0 Å². The maximum absolute atomic E-state index is 9.21. The quantitative estimate of drug-likeness (QED) is 0.864. The molecule has 1 aliphatic carbocycles. The molecular formula is C14H18N2O. The molecule has 90 valence electrons. The summed E-state index contributed by atoms with van der Waals surface area (Å²) < 4.78 is 5.11. The van der Waals surface area contributed by atoms with E-state index in [0.717, 1.165) is 11.4 Å². The second-order valence-corrected chi connectivity index (χ2v) is 4.52. The van der Waals surface area contributed by atoms with Crippen LogP contribution in [0.4, 0.5) is 5.69 Å². The molecule has 0 heterocycles. The zero-order valence-corrected chi connectivity index (χ0v) is 10.1. The molecule has 3 nitrogen and oxygen atoms in total. The first-order valence-electron chi connectivity index (χ1n) is 6.13. The Morgan fingerprint density at radius 2 is 1.94 bits per heavy atom. The molecular weight excluding hydrogens is 212 g/mol. The number of nitrogens with one attached hydrogen (secondary N) is 1. The van der Waals surface area contributed by atoms with Crippen LogP contribution < -0.4 is 10.1 Å². The first kappa shape index (κ1) is 11.8. The van der Waals surface area contributed by atoms with Gasteiger partial charge in [0.05, 0.1) is 13.2 Å². The fraction of sp³-hybridized carbons (Fsp3) is 0.500. The van der Waals surface area contributed by atoms with Crippen molar-refractivity contribution in [3.05, 3.63) is 24.3 Å². The summed E-state index contributed by atoms with van der Waals surface area (Å²) in [5, 5.41) is 12.5. The van der Waals surface area contributed by atoms with Crippen molar-refractivity contribution >= 4 is 5.69 Å². The largest absolute Gasteiger partial charge is 0.497 e. The van der Waals surface area contributed by atoms with Gasteiger partial charge in [0.2, 0.25) is 0 Å². The van der Waals surface area contributed by atoms with Gasteiger partial charge in [0.25, 0.3) is 0 Å². The number of ether oxygens (including phenoxy) is 1. The van der Waals surface area contributed by atoms with Gasteiger partial charge in [0.1, 0.15) is 11.8 Å². The Morgan fingerprint density at radius 1 is 1.29 bits per heavy atom. The summed E-state index contributed by atoms with van der Waals surface area (Å²) in [6.07, 6.45) is 4.85. The third-order valence-corrected chi connectivity index (χ3v) is 3.42. The number of nitriles is 1. The maximum atomic E-state index is 9.21. The van der Waals surface area contributed by atoms with Crippen LogP contribution in [0.5, 0.6) is 5.75 Å². The number of benzene rings is 1. The summed E-state index contributed by atoms with van der Waals surface area (Å²) in [5.41, 5.74) is 0.990. The number of hydrogen-bond acceptors (Lipinski definition) is 3. The van der Waals surface area contributed by atoms with E-state index in [1.165, 1.54) is 25.7 Å². The van der Waals surface area contributed by atoms with E-state index in [4.69, 9.17) is 4.74 Å². The van der Waals surface area contributed by atoms with Gasteiger partial charge < -0.3 is 10.1 Å². The van der Waals surface area contributed by atoms with Crippen molar-refractivity contribution < 1.29 is 4.74 Å². The van der Waals surface area contributed by atoms with Crippen LogP contribution in [0, 0.1) is 17.2 Å². The molecule has 1 N–H and O–H groups in total. The highest BCUT2D eigenvalue weighted by molar-refractivity contribution is 5.48. The number of hydrogen-bond donors (Lipinski definition) is 1. The van der Waals surface area contributed by atoms with E-state index in [1.54, 1.807) is 7.11 Å². The van der Waals surface area contributed by atoms with Crippen molar-refractivity contribution in [1.29, 1.82) is 5.26 Å². The second kappa shape index (κ2) is 5.58. The third kappa shape index (κ3) is 2.91. The molecule has 0 aliphatic heterocycles. The topological polar surface area (TPSA) is 45.0 Å². The number of rotatable bonds is 4. The molecule has 1 unspecified atom stereocenters. The Bertz CT molecular complexity index is 388. The monoisotopic (exact) mass is 230 g/mol. The summed E-state index contributed by atoms with van der Waals surface area (Å²) in [4.78, 5) is 0. The van der Waals surface area contributed by atoms with Gasteiger partial charge in [0.15, 0.2) is 0 Å². The molecule has 1 saturated carbocycles. The van der Waals surface area contributed by atoms with Crippen LogP contribution in [0.3, 0.4) is 0 Å². The first-order valence-corrected chi connectivity index (χ1v) is 6.13. The third-order valence-electron chi connectivity index (χ3n) is 3.42. The van der Waals surface area contributed by atoms with E-state index >= 15 is 0 Å². The summed E-state index contributed by atoms with van der Waals surface area (Å²) in [6.45, 7) is 0. The predicted octanol–water partition coefficient (Wildman–Crippen LogP) is 3.19. The van der Waals surface area contributed by atoms with E-state index in [9.17, 15) is 5.26 Å². The van der Waals surface area contributed by atoms with Crippen LogP contribution in [0.1, 0.15) is 25.7 Å². The van der Waals surface area contributed by atoms with E-state index in [1.807, 2.05) is 24.3 Å². The fourth-order valence-electron chi connectivity index (χ4n) is 2.41. The molecule has 1 aromatic carbocycles. The molecule has 0 saturated heterocycles. The van der Waals surface area contributed by atoms with Crippen LogP contribution in [0.25, 0.3) is 0 Å². The van der Waals surface area contributed by atoms with Crippen LogP contribution >= 0.6 is 0 Å². The lowest BCUT2D eigenvalue weighted by Crippen LogP contribution is -2.25. The first-order chi connectivity index (χ1) is 8.33. The minimum atomic E-state index is -0.0640. The predicted molar refractivity (Wildman–Crippen MR) is 68.0 cm³/mol. The lowest BCUT2D eigenvalue weighted by Gasteiger charge is -2.19. The van der Waals surface area contributed by atoms with Crippen molar-refractivity contribution in [3.8, 4) is 11.8 Å². The molecule has 3 heteroatoms. The molecule has 1 fully saturated rings. The molecule has 1 aliphatic rings. The number of methoxy groups -OCH3 is 1. The highest BCUT2D eigenvalue weighted by Gasteiger charge is 2.24. The van der Waals surface area contributed by atoms with Gasteiger partial charge in [0, 0.05) is 5.69 Å². The Kier molecular flexibility index (Phi) is 3.87. The normalized spacial score (nSPS) is 17.4. The standard InChI is InChI=1S/C14H18N2O/c1-17-13-8-6-12(7-9-13)16-14(10-15)11-4-2-3-5-11/h6-9,11,14,16H,2-5H2,1H3. The minimum absolute atomic E-state index is 0.0640. The Hall–Kier alpha value is -1.69. The molecule has 0 spiro atoms. The Labute approximate surface area is 102 Å². The average Bonchev–Trinajstić information content (AvgIpc) is 2.90. The number of anilines is 1. The van der Waals surface area contributed by atoms with Crippen molar-refractivity contribution in [1.82, 2.24) is 0 Å². The van der Waals surface area contributed by atoms with Crippen LogP contribution in [-0.4, -0.2) is 13.2 Å². The number of nitrogens with zero attached hydrogens (tertiary/aromatic N) is 1. The van der Waals surface area contributed by atoms with Crippen LogP contribution in [0.2, 0.25) is 0 Å². The molecule has 0 radical (unpaired) electrons. The summed E-state index contributed by atoms with van der Waals surface area (Å²) in [5.74, 6) is 1.34. The van der Waals surface area contributed by atoms with Crippen molar-refractivity contribution in [2.75, 3.05) is 12.4 Å². The molecule has 0 amide bonds. The average molecular weight is 230 g/mol. The smallest absolute Gasteiger partial charge is 0.119 e. The van der Waals surface area contributed by atoms with Crippen LogP contribution in [0.15, 0.2) is 24.3 Å². The molecule has 1 atom stereocenters. The molecule has 0 bridgehead atoms.